The Bertz CT molecular complexity index is 656. The molecule has 0 radical (unpaired) electrons. The predicted molar refractivity (Wildman–Crippen MR) is 89.2 cm³/mol. The van der Waals surface area contributed by atoms with Gasteiger partial charge in [-0.2, -0.15) is 0 Å². The van der Waals surface area contributed by atoms with Crippen molar-refractivity contribution in [1.82, 2.24) is 10.9 Å². The predicted octanol–water partition coefficient (Wildman–Crippen LogP) is 1.65. The number of carbonyl (C=O) groups excluding carboxylic acids is 2. The molecule has 0 atom stereocenters. The molecule has 0 bridgehead atoms. The third-order valence-corrected chi connectivity index (χ3v) is 4.27. The minimum Gasteiger partial charge on any atom is -0.284 e. The molecule has 0 unspecified atom stereocenters. The van der Waals surface area contributed by atoms with Gasteiger partial charge in [-0.05, 0) is 30.5 Å². The molecule has 0 fully saturated rings. The highest BCUT2D eigenvalue weighted by Gasteiger charge is 2.12. The normalized spacial score (nSPS) is 11.1. The number of benzene rings is 1. The molecule has 0 aliphatic heterocycles. The van der Waals surface area contributed by atoms with E-state index < -0.39 is 15.9 Å². The van der Waals surface area contributed by atoms with Gasteiger partial charge in [-0.3, -0.25) is 25.2 Å². The molecule has 3 N–H and O–H groups in total. The zero-order chi connectivity index (χ0) is 17.5. The second-order valence-electron chi connectivity index (χ2n) is 5.60. The van der Waals surface area contributed by atoms with Gasteiger partial charge < -0.3 is 0 Å². The van der Waals surface area contributed by atoms with E-state index in [1.807, 2.05) is 13.8 Å². The average Bonchev–Trinajstić information content (AvgIpc) is 2.43. The Morgan fingerprint density at radius 1 is 1.17 bits per heavy atom. The van der Waals surface area contributed by atoms with E-state index in [9.17, 15) is 18.0 Å². The second kappa shape index (κ2) is 8.52. The molecule has 8 heteroatoms. The lowest BCUT2D eigenvalue weighted by Gasteiger charge is -2.10. The molecule has 2 amide bonds. The third-order valence-electron chi connectivity index (χ3n) is 2.78. The molecule has 128 valence electrons. The van der Waals surface area contributed by atoms with Crippen molar-refractivity contribution in [3.05, 3.63) is 29.8 Å². The topological polar surface area (TPSA) is 104 Å². The monoisotopic (exact) mass is 341 g/mol. The number of hydrazine groups is 1. The van der Waals surface area contributed by atoms with Gasteiger partial charge in [0.15, 0.2) is 0 Å². The summed E-state index contributed by atoms with van der Waals surface area (Å²) in [5.41, 5.74) is 5.17. The van der Waals surface area contributed by atoms with Gasteiger partial charge in [-0.25, -0.2) is 8.42 Å². The summed E-state index contributed by atoms with van der Waals surface area (Å²) in [6, 6.07) is 6.06. The Labute approximate surface area is 136 Å². The molecule has 0 saturated heterocycles. The van der Waals surface area contributed by atoms with E-state index in [0.29, 0.717) is 18.5 Å². The van der Waals surface area contributed by atoms with Crippen molar-refractivity contribution in [3.63, 3.8) is 0 Å². The molecule has 0 spiro atoms. The van der Waals surface area contributed by atoms with E-state index in [1.54, 1.807) is 19.1 Å². The van der Waals surface area contributed by atoms with Gasteiger partial charge in [0.1, 0.15) is 0 Å². The Morgan fingerprint density at radius 2 is 1.87 bits per heavy atom. The van der Waals surface area contributed by atoms with Gasteiger partial charge in [0.25, 0.3) is 5.91 Å². The highest BCUT2D eigenvalue weighted by molar-refractivity contribution is 7.92. The Morgan fingerprint density at radius 3 is 2.48 bits per heavy atom. The van der Waals surface area contributed by atoms with E-state index in [2.05, 4.69) is 15.6 Å². The summed E-state index contributed by atoms with van der Waals surface area (Å²) in [7, 11) is -3.42. The largest absolute Gasteiger partial charge is 0.284 e. The van der Waals surface area contributed by atoms with Crippen LogP contribution in [-0.2, 0) is 14.8 Å². The first-order valence-electron chi connectivity index (χ1n) is 7.43. The molecule has 0 heterocycles. The van der Waals surface area contributed by atoms with Crippen LogP contribution in [0, 0.1) is 5.92 Å². The van der Waals surface area contributed by atoms with Crippen molar-refractivity contribution < 1.29 is 18.0 Å². The van der Waals surface area contributed by atoms with Gasteiger partial charge in [0, 0.05) is 17.7 Å². The second-order valence-corrected chi connectivity index (χ2v) is 7.44. The smallest absolute Gasteiger partial charge is 0.269 e. The van der Waals surface area contributed by atoms with Crippen LogP contribution in [0.15, 0.2) is 24.3 Å². The Kier molecular flexibility index (Phi) is 7.02. The fraction of sp³-hybridized carbons (Fsp3) is 0.467. The summed E-state index contributed by atoms with van der Waals surface area (Å²) in [5.74, 6) is -0.607. The minimum absolute atomic E-state index is 0.00861. The summed E-state index contributed by atoms with van der Waals surface area (Å²) in [4.78, 5) is 23.5. The van der Waals surface area contributed by atoms with E-state index >= 15 is 0 Å². The molecular weight excluding hydrogens is 318 g/mol. The third kappa shape index (κ3) is 7.14. The summed E-state index contributed by atoms with van der Waals surface area (Å²) in [6.45, 7) is 5.56. The summed E-state index contributed by atoms with van der Waals surface area (Å²) in [5, 5.41) is 0. The van der Waals surface area contributed by atoms with E-state index in [-0.39, 0.29) is 23.1 Å². The lowest BCUT2D eigenvalue weighted by Crippen LogP contribution is -2.42. The molecule has 1 aromatic rings. The van der Waals surface area contributed by atoms with Gasteiger partial charge >= 0.3 is 0 Å². The number of hydrogen-bond acceptors (Lipinski definition) is 4. The fourth-order valence-electron chi connectivity index (χ4n) is 1.84. The SMILES string of the molecule is CCCS(=O)(=O)Nc1cccc(C(=O)NNC(=O)CC(C)C)c1. The van der Waals surface area contributed by atoms with Crippen LogP contribution < -0.4 is 15.6 Å². The van der Waals surface area contributed by atoms with Crippen LogP contribution in [0.4, 0.5) is 5.69 Å². The standard InChI is InChI=1S/C15H23N3O4S/c1-4-8-23(21,22)18-13-7-5-6-12(10-13)15(20)17-16-14(19)9-11(2)3/h5-7,10-11,18H,4,8-9H2,1-3H3,(H,16,19)(H,17,20). The van der Waals surface area contributed by atoms with Gasteiger partial charge in [0.2, 0.25) is 15.9 Å². The molecule has 0 aromatic heterocycles. The number of amides is 2. The van der Waals surface area contributed by atoms with Crippen LogP contribution in [-0.4, -0.2) is 26.0 Å². The number of nitrogens with one attached hydrogen (secondary N) is 3. The molecule has 1 aromatic carbocycles. The summed E-state index contributed by atoms with van der Waals surface area (Å²) >= 11 is 0. The van der Waals surface area contributed by atoms with Crippen LogP contribution in [0.2, 0.25) is 0 Å². The zero-order valence-electron chi connectivity index (χ0n) is 13.5. The first kappa shape index (κ1) is 19.0. The Hall–Kier alpha value is -2.09. The van der Waals surface area contributed by atoms with Crippen molar-refractivity contribution in [2.45, 2.75) is 33.6 Å². The number of rotatable bonds is 7. The molecule has 0 aliphatic carbocycles. The minimum atomic E-state index is -3.42. The molecule has 7 nitrogen and oxygen atoms in total. The van der Waals surface area contributed by atoms with Gasteiger partial charge in [0.05, 0.1) is 5.75 Å². The van der Waals surface area contributed by atoms with Crippen LogP contribution >= 0.6 is 0 Å². The van der Waals surface area contributed by atoms with Gasteiger partial charge in [-0.1, -0.05) is 26.8 Å². The molecule has 1 rings (SSSR count). The molecule has 0 saturated carbocycles. The van der Waals surface area contributed by atoms with Crippen molar-refractivity contribution in [2.24, 2.45) is 5.92 Å². The fourth-order valence-corrected chi connectivity index (χ4v) is 2.97. The molecular formula is C15H23N3O4S. The lowest BCUT2D eigenvalue weighted by atomic mass is 10.1. The van der Waals surface area contributed by atoms with Crippen molar-refractivity contribution in [3.8, 4) is 0 Å². The van der Waals surface area contributed by atoms with Gasteiger partial charge in [-0.15, -0.1) is 0 Å². The summed E-state index contributed by atoms with van der Waals surface area (Å²) < 4.78 is 25.9. The first-order valence-corrected chi connectivity index (χ1v) is 9.08. The summed E-state index contributed by atoms with van der Waals surface area (Å²) in [6.07, 6.45) is 0.800. The van der Waals surface area contributed by atoms with E-state index in [0.717, 1.165) is 0 Å². The maximum atomic E-state index is 12.0. The first-order chi connectivity index (χ1) is 10.7. The van der Waals surface area contributed by atoms with E-state index in [1.165, 1.54) is 12.1 Å². The maximum Gasteiger partial charge on any atom is 0.269 e. The van der Waals surface area contributed by atoms with Crippen molar-refractivity contribution in [1.29, 1.82) is 0 Å². The van der Waals surface area contributed by atoms with Crippen LogP contribution in [0.1, 0.15) is 44.0 Å². The van der Waals surface area contributed by atoms with Crippen molar-refractivity contribution in [2.75, 3.05) is 10.5 Å². The lowest BCUT2D eigenvalue weighted by molar-refractivity contribution is -0.122. The highest BCUT2D eigenvalue weighted by Crippen LogP contribution is 2.12. The quantitative estimate of drug-likeness (QED) is 0.656. The molecule has 0 aliphatic rings. The van der Waals surface area contributed by atoms with Crippen LogP contribution in [0.3, 0.4) is 0 Å². The maximum absolute atomic E-state index is 12.0. The highest BCUT2D eigenvalue weighted by atomic mass is 32.2. The number of anilines is 1. The number of carbonyl (C=O) groups is 2. The zero-order valence-corrected chi connectivity index (χ0v) is 14.4. The average molecular weight is 341 g/mol. The van der Waals surface area contributed by atoms with Crippen LogP contribution in [0.5, 0.6) is 0 Å². The van der Waals surface area contributed by atoms with E-state index in [4.69, 9.17) is 0 Å². The number of hydrogen-bond donors (Lipinski definition) is 3. The Balaban J connectivity index is 2.69. The number of sulfonamides is 1. The van der Waals surface area contributed by atoms with Crippen molar-refractivity contribution >= 4 is 27.5 Å². The van der Waals surface area contributed by atoms with Crippen LogP contribution in [0.25, 0.3) is 0 Å². The molecule has 23 heavy (non-hydrogen) atoms.